The van der Waals surface area contributed by atoms with E-state index >= 15 is 0 Å². The van der Waals surface area contributed by atoms with Crippen molar-refractivity contribution in [2.45, 2.75) is 18.9 Å². The first kappa shape index (κ1) is 20.3. The van der Waals surface area contributed by atoms with E-state index in [1.165, 1.54) is 9.21 Å². The molecule has 0 bridgehead atoms. The van der Waals surface area contributed by atoms with Crippen LogP contribution in [0.3, 0.4) is 0 Å². The molecule has 0 saturated heterocycles. The fourth-order valence-corrected chi connectivity index (χ4v) is 3.84. The Bertz CT molecular complexity index is 781. The van der Waals surface area contributed by atoms with Crippen LogP contribution in [0.25, 0.3) is 0 Å². The van der Waals surface area contributed by atoms with E-state index < -0.39 is 22.1 Å². The average Bonchev–Trinajstić information content (AvgIpc) is 2.55. The number of hydrogen-bond acceptors (Lipinski definition) is 6. The van der Waals surface area contributed by atoms with Crippen molar-refractivity contribution >= 4 is 28.2 Å². The second-order valence-corrected chi connectivity index (χ2v) is 8.64. The number of sulfonamides is 1. The molecule has 1 aromatic heterocycles. The number of nitrogens with two attached hydrogens (primary N) is 1. The third-order valence-electron chi connectivity index (χ3n) is 4.36. The van der Waals surface area contributed by atoms with Gasteiger partial charge in [-0.2, -0.15) is 4.31 Å². The topological polar surface area (TPSA) is 117 Å². The summed E-state index contributed by atoms with van der Waals surface area (Å²) in [6.45, 7) is 0.992. The van der Waals surface area contributed by atoms with Crippen LogP contribution in [-0.4, -0.2) is 81.0 Å². The highest BCUT2D eigenvalue weighted by atomic mass is 32.2. The fraction of sp³-hybridized carbons (Fsp3) is 0.562. The van der Waals surface area contributed by atoms with E-state index in [4.69, 9.17) is 5.73 Å². The standard InChI is InChI=1S/C16H25N5O4S/c1-19(2)8-9-20(26(3,24)25)10-14-7-5-12-4-6-13(11-22)18-15(12)21(14)16(17)23/h4,6,11,14H,5,7-10H2,1-3H3,(H2,17,23). The van der Waals surface area contributed by atoms with Crippen molar-refractivity contribution in [1.82, 2.24) is 14.2 Å². The predicted molar refractivity (Wildman–Crippen MR) is 98.8 cm³/mol. The van der Waals surface area contributed by atoms with Gasteiger partial charge in [-0.3, -0.25) is 9.69 Å². The van der Waals surface area contributed by atoms with Crippen LogP contribution in [0.4, 0.5) is 10.6 Å². The van der Waals surface area contributed by atoms with Gasteiger partial charge in [-0.25, -0.2) is 18.2 Å². The van der Waals surface area contributed by atoms with Crippen molar-refractivity contribution in [2.24, 2.45) is 5.73 Å². The van der Waals surface area contributed by atoms with Gasteiger partial charge >= 0.3 is 6.03 Å². The van der Waals surface area contributed by atoms with E-state index in [1.54, 1.807) is 12.1 Å². The molecule has 26 heavy (non-hydrogen) atoms. The van der Waals surface area contributed by atoms with Crippen LogP contribution in [0.2, 0.25) is 0 Å². The Morgan fingerprint density at radius 3 is 2.62 bits per heavy atom. The largest absolute Gasteiger partial charge is 0.351 e. The molecule has 0 aliphatic carbocycles. The van der Waals surface area contributed by atoms with E-state index in [-0.39, 0.29) is 12.2 Å². The molecule has 2 rings (SSSR count). The van der Waals surface area contributed by atoms with Gasteiger partial charge in [0.1, 0.15) is 11.5 Å². The molecule has 2 heterocycles. The lowest BCUT2D eigenvalue weighted by molar-refractivity contribution is 0.111. The highest BCUT2D eigenvalue weighted by Gasteiger charge is 2.34. The van der Waals surface area contributed by atoms with Crippen molar-refractivity contribution in [3.8, 4) is 0 Å². The molecule has 144 valence electrons. The summed E-state index contributed by atoms with van der Waals surface area (Å²) in [5.74, 6) is 0.333. The highest BCUT2D eigenvalue weighted by molar-refractivity contribution is 7.88. The molecule has 1 aromatic rings. The second-order valence-electron chi connectivity index (χ2n) is 6.66. The number of primary amides is 1. The Kier molecular flexibility index (Phi) is 6.32. The number of hydrogen-bond donors (Lipinski definition) is 1. The first-order chi connectivity index (χ1) is 12.1. The normalized spacial score (nSPS) is 17.4. The van der Waals surface area contributed by atoms with Gasteiger partial charge in [-0.05, 0) is 38.6 Å². The lowest BCUT2D eigenvalue weighted by Crippen LogP contribution is -2.53. The molecule has 0 fully saturated rings. The van der Waals surface area contributed by atoms with Gasteiger partial charge in [-0.1, -0.05) is 6.07 Å². The van der Waals surface area contributed by atoms with E-state index in [2.05, 4.69) is 4.98 Å². The Hall–Kier alpha value is -2.04. The highest BCUT2D eigenvalue weighted by Crippen LogP contribution is 2.29. The van der Waals surface area contributed by atoms with Gasteiger partial charge in [-0.15, -0.1) is 0 Å². The maximum absolute atomic E-state index is 12.2. The molecular weight excluding hydrogens is 358 g/mol. The fourth-order valence-electron chi connectivity index (χ4n) is 2.98. The van der Waals surface area contributed by atoms with Crippen molar-refractivity contribution in [3.63, 3.8) is 0 Å². The van der Waals surface area contributed by atoms with Gasteiger partial charge < -0.3 is 10.6 Å². The SMILES string of the molecule is CN(C)CCN(CC1CCc2ccc(C=O)nc2N1C(N)=O)S(C)(=O)=O. The summed E-state index contributed by atoms with van der Waals surface area (Å²) in [4.78, 5) is 30.5. The van der Waals surface area contributed by atoms with Gasteiger partial charge in [0.15, 0.2) is 6.29 Å². The number of amides is 2. The number of likely N-dealkylation sites (N-methyl/N-ethyl adjacent to an activating group) is 1. The van der Waals surface area contributed by atoms with Crippen molar-refractivity contribution in [3.05, 3.63) is 23.4 Å². The molecule has 1 aliphatic heterocycles. The summed E-state index contributed by atoms with van der Waals surface area (Å²) in [7, 11) is 0.270. The van der Waals surface area contributed by atoms with Gasteiger partial charge in [0, 0.05) is 19.6 Å². The molecule has 0 spiro atoms. The van der Waals surface area contributed by atoms with Crippen LogP contribution in [0.5, 0.6) is 0 Å². The zero-order valence-corrected chi connectivity index (χ0v) is 16.1. The molecule has 0 aromatic carbocycles. The minimum absolute atomic E-state index is 0.127. The van der Waals surface area contributed by atoms with Crippen molar-refractivity contribution < 1.29 is 18.0 Å². The molecule has 2 amide bonds. The number of aromatic nitrogens is 1. The lowest BCUT2D eigenvalue weighted by Gasteiger charge is -2.37. The molecule has 1 atom stereocenters. The predicted octanol–water partition coefficient (Wildman–Crippen LogP) is -0.0828. The maximum Gasteiger partial charge on any atom is 0.320 e. The Morgan fingerprint density at radius 2 is 2.08 bits per heavy atom. The molecule has 0 saturated carbocycles. The van der Waals surface area contributed by atoms with E-state index in [0.29, 0.717) is 38.0 Å². The quantitative estimate of drug-likeness (QED) is 0.658. The lowest BCUT2D eigenvalue weighted by atomic mass is 9.98. The average molecular weight is 383 g/mol. The van der Waals surface area contributed by atoms with Gasteiger partial charge in [0.2, 0.25) is 10.0 Å². The molecule has 0 radical (unpaired) electrons. The van der Waals surface area contributed by atoms with Crippen LogP contribution < -0.4 is 10.6 Å². The third-order valence-corrected chi connectivity index (χ3v) is 5.63. The summed E-state index contributed by atoms with van der Waals surface area (Å²) >= 11 is 0. The monoisotopic (exact) mass is 383 g/mol. The van der Waals surface area contributed by atoms with E-state index in [1.807, 2.05) is 19.0 Å². The molecule has 1 aliphatic rings. The van der Waals surface area contributed by atoms with E-state index in [9.17, 15) is 18.0 Å². The number of anilines is 1. The van der Waals surface area contributed by atoms with Crippen LogP contribution in [0, 0.1) is 0 Å². The Balaban J connectivity index is 2.32. The number of nitrogens with zero attached hydrogens (tertiary/aromatic N) is 4. The number of carbonyl (C=O) groups is 2. The van der Waals surface area contributed by atoms with Crippen LogP contribution in [0.1, 0.15) is 22.5 Å². The second kappa shape index (κ2) is 8.11. The molecule has 10 heteroatoms. The maximum atomic E-state index is 12.2. The number of fused-ring (bicyclic) bond motifs is 1. The van der Waals surface area contributed by atoms with Crippen molar-refractivity contribution in [1.29, 1.82) is 0 Å². The zero-order valence-electron chi connectivity index (χ0n) is 15.3. The van der Waals surface area contributed by atoms with E-state index in [0.717, 1.165) is 11.8 Å². The first-order valence-corrected chi connectivity index (χ1v) is 10.1. The van der Waals surface area contributed by atoms with Crippen LogP contribution in [-0.2, 0) is 16.4 Å². The third kappa shape index (κ3) is 4.77. The summed E-state index contributed by atoms with van der Waals surface area (Å²) in [5.41, 5.74) is 6.56. The first-order valence-electron chi connectivity index (χ1n) is 8.27. The zero-order chi connectivity index (χ0) is 19.5. The smallest absolute Gasteiger partial charge is 0.320 e. The molecule has 2 N–H and O–H groups in total. The molecule has 1 unspecified atom stereocenters. The number of carbonyl (C=O) groups excluding carboxylic acids is 2. The number of urea groups is 1. The molecular formula is C16H25N5O4S. The van der Waals surface area contributed by atoms with Crippen LogP contribution >= 0.6 is 0 Å². The Labute approximate surface area is 153 Å². The van der Waals surface area contributed by atoms with Gasteiger partial charge in [0.05, 0.1) is 12.3 Å². The summed E-state index contributed by atoms with van der Waals surface area (Å²) in [6, 6.07) is 2.18. The Morgan fingerprint density at radius 1 is 1.38 bits per heavy atom. The van der Waals surface area contributed by atoms with Crippen molar-refractivity contribution in [2.75, 3.05) is 44.9 Å². The summed E-state index contributed by atoms with van der Waals surface area (Å²) in [5, 5.41) is 0. The number of aldehydes is 1. The minimum atomic E-state index is -3.45. The van der Waals surface area contributed by atoms with Gasteiger partial charge in [0.25, 0.3) is 0 Å². The number of rotatable bonds is 7. The minimum Gasteiger partial charge on any atom is -0.351 e. The molecule has 9 nitrogen and oxygen atoms in total. The van der Waals surface area contributed by atoms with Crippen LogP contribution in [0.15, 0.2) is 12.1 Å². The number of aryl methyl sites for hydroxylation is 1. The summed E-state index contributed by atoms with van der Waals surface area (Å²) in [6.07, 6.45) is 2.94. The summed E-state index contributed by atoms with van der Waals surface area (Å²) < 4.78 is 25.7. The number of pyridine rings is 1.